The van der Waals surface area contributed by atoms with Crippen LogP contribution in [0.25, 0.3) is 16.8 Å². The summed E-state index contributed by atoms with van der Waals surface area (Å²) >= 11 is 0. The minimum absolute atomic E-state index is 0.0121. The highest BCUT2D eigenvalue weighted by Crippen LogP contribution is 2.34. The van der Waals surface area contributed by atoms with Gasteiger partial charge in [-0.15, -0.1) is 5.10 Å². The van der Waals surface area contributed by atoms with E-state index in [4.69, 9.17) is 4.74 Å². The number of benzene rings is 2. The normalized spacial score (nSPS) is 13.5. The van der Waals surface area contributed by atoms with E-state index in [1.54, 1.807) is 29.8 Å². The molecule has 4 aromatic rings. The van der Waals surface area contributed by atoms with Gasteiger partial charge in [0.25, 0.3) is 0 Å². The fourth-order valence-electron chi connectivity index (χ4n) is 3.73. The van der Waals surface area contributed by atoms with Crippen molar-refractivity contribution in [1.29, 1.82) is 0 Å². The Bertz CT molecular complexity index is 1430. The molecule has 33 heavy (non-hydrogen) atoms. The molecule has 3 heterocycles. The van der Waals surface area contributed by atoms with Crippen molar-refractivity contribution in [2.45, 2.75) is 6.92 Å². The van der Waals surface area contributed by atoms with Gasteiger partial charge in [0.2, 0.25) is 16.0 Å². The summed E-state index contributed by atoms with van der Waals surface area (Å²) in [5, 5.41) is 7.94. The lowest BCUT2D eigenvalue weighted by Crippen LogP contribution is -2.28. The fraction of sp³-hybridized carbons (Fsp3) is 0.217. The molecule has 0 amide bonds. The minimum atomic E-state index is -3.36. The molecule has 0 atom stereocenters. The molecule has 1 aliphatic heterocycles. The van der Waals surface area contributed by atoms with E-state index in [0.29, 0.717) is 18.2 Å². The average molecular weight is 465 g/mol. The molecule has 0 saturated heterocycles. The maximum atomic E-state index is 12.0. The van der Waals surface area contributed by atoms with Crippen LogP contribution in [0.3, 0.4) is 0 Å². The number of fused-ring (bicyclic) bond motifs is 2. The maximum absolute atomic E-state index is 12.0. The highest BCUT2D eigenvalue weighted by atomic mass is 32.2. The predicted molar refractivity (Wildman–Crippen MR) is 130 cm³/mol. The Morgan fingerprint density at radius 2 is 1.97 bits per heavy atom. The summed E-state index contributed by atoms with van der Waals surface area (Å²) in [6.07, 6.45) is 1.75. The summed E-state index contributed by atoms with van der Waals surface area (Å²) in [5.74, 6) is 1.32. The van der Waals surface area contributed by atoms with Gasteiger partial charge < -0.3 is 15.0 Å². The number of anilines is 4. The van der Waals surface area contributed by atoms with Crippen molar-refractivity contribution in [3.8, 4) is 17.0 Å². The molecule has 2 N–H and O–H groups in total. The van der Waals surface area contributed by atoms with Gasteiger partial charge in [-0.05, 0) is 49.4 Å². The van der Waals surface area contributed by atoms with Crippen LogP contribution in [0.4, 0.5) is 23.0 Å². The molecular weight excluding hydrogens is 440 g/mol. The Labute approximate surface area is 192 Å². The van der Waals surface area contributed by atoms with E-state index in [0.717, 1.165) is 40.4 Å². The molecule has 10 heteroatoms. The van der Waals surface area contributed by atoms with Gasteiger partial charge in [0.15, 0.2) is 0 Å². The van der Waals surface area contributed by atoms with E-state index in [1.165, 1.54) is 0 Å². The molecule has 0 radical (unpaired) electrons. The van der Waals surface area contributed by atoms with Crippen LogP contribution in [0.15, 0.2) is 60.8 Å². The zero-order valence-electron chi connectivity index (χ0n) is 18.3. The Morgan fingerprint density at radius 1 is 1.09 bits per heavy atom. The molecular formula is C23H24N6O3S. The molecule has 2 aromatic heterocycles. The number of hydrogen-bond donors (Lipinski definition) is 2. The van der Waals surface area contributed by atoms with Gasteiger partial charge in [-0.2, -0.15) is 0 Å². The first-order valence-electron chi connectivity index (χ1n) is 10.6. The van der Waals surface area contributed by atoms with Crippen LogP contribution in [0.1, 0.15) is 6.92 Å². The number of likely N-dealkylation sites (N-methyl/N-ethyl adjacent to an activating group) is 1. The first-order chi connectivity index (χ1) is 15.9. The predicted octanol–water partition coefficient (Wildman–Crippen LogP) is 3.73. The Hall–Kier alpha value is -3.79. The number of aromatic nitrogens is 3. The van der Waals surface area contributed by atoms with Gasteiger partial charge in [-0.1, -0.05) is 12.1 Å². The lowest BCUT2D eigenvalue weighted by Gasteiger charge is -2.28. The van der Waals surface area contributed by atoms with E-state index < -0.39 is 10.0 Å². The monoisotopic (exact) mass is 464 g/mol. The molecule has 170 valence electrons. The Balaban J connectivity index is 1.46. The summed E-state index contributed by atoms with van der Waals surface area (Å²) in [4.78, 5) is 6.59. The van der Waals surface area contributed by atoms with Crippen LogP contribution < -0.4 is 19.7 Å². The minimum Gasteiger partial charge on any atom is -0.490 e. The van der Waals surface area contributed by atoms with E-state index in [2.05, 4.69) is 25.0 Å². The summed E-state index contributed by atoms with van der Waals surface area (Å²) in [7, 11) is -1.32. The largest absolute Gasteiger partial charge is 0.490 e. The number of nitrogens with one attached hydrogen (secondary N) is 2. The molecule has 5 rings (SSSR count). The van der Waals surface area contributed by atoms with E-state index in [1.807, 2.05) is 49.5 Å². The molecule has 1 aliphatic rings. The lowest BCUT2D eigenvalue weighted by molar-refractivity contribution is 0.311. The molecule has 0 spiro atoms. The standard InChI is InChI=1S/C23H24N6O3S/c1-3-33(30,31)27-18-6-4-5-16(13-18)20-9-8-19-15-24-23(26-29(19)20)25-17-7-10-22-21(14-17)28(2)11-12-32-22/h4-10,13-15,27H,3,11-12H2,1-2H3,(H,25,26). The van der Waals surface area contributed by atoms with Crippen molar-refractivity contribution in [1.82, 2.24) is 14.6 Å². The van der Waals surface area contributed by atoms with Gasteiger partial charge in [0, 0.05) is 24.0 Å². The van der Waals surface area contributed by atoms with Crippen LogP contribution in [0.5, 0.6) is 5.75 Å². The van der Waals surface area contributed by atoms with Gasteiger partial charge in [-0.25, -0.2) is 17.9 Å². The smallest absolute Gasteiger partial charge is 0.245 e. The molecule has 9 nitrogen and oxygen atoms in total. The molecule has 2 aromatic carbocycles. The quantitative estimate of drug-likeness (QED) is 0.448. The second-order valence-electron chi connectivity index (χ2n) is 7.80. The topological polar surface area (TPSA) is 101 Å². The van der Waals surface area contributed by atoms with Crippen LogP contribution in [-0.2, 0) is 10.0 Å². The molecule has 0 bridgehead atoms. The number of rotatable bonds is 6. The van der Waals surface area contributed by atoms with Gasteiger partial charge >= 0.3 is 0 Å². The van der Waals surface area contributed by atoms with Gasteiger partial charge in [-0.3, -0.25) is 4.72 Å². The first-order valence-corrected chi connectivity index (χ1v) is 12.3. The van der Waals surface area contributed by atoms with Crippen molar-refractivity contribution in [2.24, 2.45) is 0 Å². The third kappa shape index (κ3) is 4.29. The Kier molecular flexibility index (Phi) is 5.29. The molecule has 0 unspecified atom stereocenters. The Morgan fingerprint density at radius 3 is 2.82 bits per heavy atom. The van der Waals surface area contributed by atoms with Crippen LogP contribution in [0, 0.1) is 0 Å². The third-order valence-electron chi connectivity index (χ3n) is 5.52. The summed E-state index contributed by atoms with van der Waals surface area (Å²) in [6, 6.07) is 17.0. The highest BCUT2D eigenvalue weighted by molar-refractivity contribution is 7.92. The van der Waals surface area contributed by atoms with Crippen molar-refractivity contribution < 1.29 is 13.2 Å². The number of ether oxygens (including phenoxy) is 1. The number of sulfonamides is 1. The van der Waals surface area contributed by atoms with Crippen molar-refractivity contribution in [3.05, 3.63) is 60.8 Å². The van der Waals surface area contributed by atoms with E-state index in [9.17, 15) is 8.42 Å². The summed E-state index contributed by atoms with van der Waals surface area (Å²) in [6.45, 7) is 3.11. The summed E-state index contributed by atoms with van der Waals surface area (Å²) in [5.41, 5.74) is 4.87. The first kappa shape index (κ1) is 21.1. The molecule has 0 saturated carbocycles. The highest BCUT2D eigenvalue weighted by Gasteiger charge is 2.16. The second-order valence-corrected chi connectivity index (χ2v) is 9.81. The summed E-state index contributed by atoms with van der Waals surface area (Å²) < 4.78 is 34.0. The van der Waals surface area contributed by atoms with Crippen LogP contribution >= 0.6 is 0 Å². The second kappa shape index (κ2) is 8.28. The zero-order chi connectivity index (χ0) is 23.0. The van der Waals surface area contributed by atoms with Crippen LogP contribution in [0.2, 0.25) is 0 Å². The lowest BCUT2D eigenvalue weighted by atomic mass is 10.1. The zero-order valence-corrected chi connectivity index (χ0v) is 19.1. The van der Waals surface area contributed by atoms with Gasteiger partial charge in [0.05, 0.1) is 35.4 Å². The average Bonchev–Trinajstić information content (AvgIpc) is 3.23. The van der Waals surface area contributed by atoms with Crippen molar-refractivity contribution >= 4 is 38.6 Å². The molecule has 0 fully saturated rings. The van der Waals surface area contributed by atoms with E-state index >= 15 is 0 Å². The van der Waals surface area contributed by atoms with E-state index in [-0.39, 0.29) is 5.75 Å². The maximum Gasteiger partial charge on any atom is 0.245 e. The van der Waals surface area contributed by atoms with Gasteiger partial charge in [0.1, 0.15) is 12.4 Å². The third-order valence-corrected chi connectivity index (χ3v) is 6.83. The van der Waals surface area contributed by atoms with Crippen molar-refractivity contribution in [2.75, 3.05) is 40.9 Å². The van der Waals surface area contributed by atoms with Crippen LogP contribution in [-0.4, -0.2) is 49.0 Å². The molecule has 0 aliphatic carbocycles. The SMILES string of the molecule is CCS(=O)(=O)Nc1cccc(-c2ccc3cnc(Nc4ccc5c(c4)N(C)CCO5)nn23)c1. The van der Waals surface area contributed by atoms with Crippen molar-refractivity contribution in [3.63, 3.8) is 0 Å². The fourth-order valence-corrected chi connectivity index (χ4v) is 4.36. The number of hydrogen-bond acceptors (Lipinski definition) is 7. The number of nitrogens with zero attached hydrogens (tertiary/aromatic N) is 4.